The van der Waals surface area contributed by atoms with E-state index in [1.165, 1.54) is 34.8 Å². The minimum Gasteiger partial charge on any atom is -0.506 e. The Bertz CT molecular complexity index is 441. The maximum Gasteiger partial charge on any atom is 0.145 e. The number of benzene rings is 1. The van der Waals surface area contributed by atoms with Crippen LogP contribution in [-0.2, 0) is 0 Å². The Kier molecular flexibility index (Phi) is 1.79. The van der Waals surface area contributed by atoms with E-state index in [1.54, 1.807) is 0 Å². The van der Waals surface area contributed by atoms with Crippen molar-refractivity contribution in [3.05, 3.63) is 15.3 Å². The van der Waals surface area contributed by atoms with Crippen molar-refractivity contribution in [2.45, 2.75) is 0 Å². The smallest absolute Gasteiger partial charge is 0.145 e. The molecule has 0 saturated heterocycles. The molecule has 2 rings (SSSR count). The van der Waals surface area contributed by atoms with Crippen LogP contribution in [0, 0.1) is 3.14 Å². The maximum atomic E-state index is 9.37. The summed E-state index contributed by atoms with van der Waals surface area (Å²) in [6, 6.07) is 2.94. The summed E-state index contributed by atoms with van der Waals surface area (Å²) >= 11 is 7.58. The molecule has 1 heterocycles. The summed E-state index contributed by atoms with van der Waals surface area (Å²) in [5.41, 5.74) is 0. The molecule has 1 aromatic carbocycles. The summed E-state index contributed by atoms with van der Waals surface area (Å²) in [6.07, 6.45) is 0. The Morgan fingerprint density at radius 3 is 1.83 bits per heavy atom. The fourth-order valence-electron chi connectivity index (χ4n) is 0.927. The number of aromatic hydroxyl groups is 2. The van der Waals surface area contributed by atoms with Gasteiger partial charge in [-0.3, -0.25) is 0 Å². The van der Waals surface area contributed by atoms with Crippen LogP contribution in [0.15, 0.2) is 12.1 Å². The van der Waals surface area contributed by atoms with Gasteiger partial charge in [-0.05, 0) is 12.1 Å². The van der Waals surface area contributed by atoms with Gasteiger partial charge in [0, 0.05) is 0 Å². The van der Waals surface area contributed by atoms with Gasteiger partial charge in [0.05, 0.1) is 9.40 Å². The first-order valence-corrected chi connectivity index (χ1v) is 5.17. The second-order valence-electron chi connectivity index (χ2n) is 2.22. The van der Waals surface area contributed by atoms with E-state index in [4.69, 9.17) is 12.2 Å². The third-order valence-electron chi connectivity index (χ3n) is 1.44. The van der Waals surface area contributed by atoms with Crippen molar-refractivity contribution in [2.75, 3.05) is 0 Å². The molecule has 5 heteroatoms. The number of rotatable bonds is 0. The van der Waals surface area contributed by atoms with E-state index in [1.807, 2.05) is 0 Å². The third kappa shape index (κ3) is 1.10. The fourth-order valence-corrected chi connectivity index (χ4v) is 3.42. The van der Waals surface area contributed by atoms with Gasteiger partial charge in [-0.2, -0.15) is 0 Å². The molecule has 0 atom stereocenters. The van der Waals surface area contributed by atoms with Crippen LogP contribution in [-0.4, -0.2) is 10.2 Å². The van der Waals surface area contributed by atoms with Crippen LogP contribution in [0.25, 0.3) is 9.40 Å². The van der Waals surface area contributed by atoms with Crippen molar-refractivity contribution in [1.29, 1.82) is 0 Å². The maximum absolute atomic E-state index is 9.37. The Morgan fingerprint density at radius 2 is 1.42 bits per heavy atom. The number of fused-ring (bicyclic) bond motifs is 1. The zero-order chi connectivity index (χ0) is 8.72. The zero-order valence-electron chi connectivity index (χ0n) is 5.77. The molecule has 0 aliphatic rings. The summed E-state index contributed by atoms with van der Waals surface area (Å²) in [4.78, 5) is 0. The van der Waals surface area contributed by atoms with Crippen molar-refractivity contribution < 1.29 is 10.2 Å². The Balaban J connectivity index is 3.03. The van der Waals surface area contributed by atoms with Crippen molar-refractivity contribution in [2.24, 2.45) is 0 Å². The quantitative estimate of drug-likeness (QED) is 0.525. The highest BCUT2D eigenvalue weighted by atomic mass is 32.2. The first kappa shape index (κ1) is 7.97. The van der Waals surface area contributed by atoms with Gasteiger partial charge in [-0.1, -0.05) is 12.2 Å². The first-order valence-electron chi connectivity index (χ1n) is 3.13. The summed E-state index contributed by atoms with van der Waals surface area (Å²) < 4.78 is 2.05. The van der Waals surface area contributed by atoms with Crippen molar-refractivity contribution in [1.82, 2.24) is 0 Å². The van der Waals surface area contributed by atoms with Gasteiger partial charge in [0.25, 0.3) is 0 Å². The lowest BCUT2D eigenvalue weighted by atomic mass is 10.3. The molecule has 0 aliphatic carbocycles. The largest absolute Gasteiger partial charge is 0.506 e. The Morgan fingerprint density at radius 1 is 1.00 bits per heavy atom. The minimum absolute atomic E-state index is 0.181. The number of phenols is 2. The van der Waals surface area contributed by atoms with Crippen LogP contribution >= 0.6 is 34.9 Å². The van der Waals surface area contributed by atoms with Crippen LogP contribution < -0.4 is 0 Å². The van der Waals surface area contributed by atoms with Crippen LogP contribution in [0.5, 0.6) is 11.5 Å². The van der Waals surface area contributed by atoms with Gasteiger partial charge < -0.3 is 10.2 Å². The van der Waals surface area contributed by atoms with E-state index < -0.39 is 0 Å². The molecular weight excluding hydrogens is 212 g/mol. The van der Waals surface area contributed by atoms with Crippen LogP contribution in [0.1, 0.15) is 0 Å². The van der Waals surface area contributed by atoms with Crippen molar-refractivity contribution >= 4 is 44.3 Å². The lowest BCUT2D eigenvalue weighted by Gasteiger charge is -1.94. The Hall–Kier alpha value is -0.650. The van der Waals surface area contributed by atoms with Gasteiger partial charge in [0.1, 0.15) is 14.6 Å². The molecule has 0 saturated carbocycles. The van der Waals surface area contributed by atoms with Crippen LogP contribution in [0.3, 0.4) is 0 Å². The second kappa shape index (κ2) is 2.69. The number of hydrogen-bond donors (Lipinski definition) is 2. The molecule has 0 spiro atoms. The average Bonchev–Trinajstić information content (AvgIpc) is 2.41. The predicted octanol–water partition coefficient (Wildman–Crippen LogP) is 3.10. The third-order valence-corrected chi connectivity index (χ3v) is 4.14. The van der Waals surface area contributed by atoms with Crippen LogP contribution in [0.2, 0.25) is 0 Å². The summed E-state index contributed by atoms with van der Waals surface area (Å²) in [5, 5.41) is 18.7. The summed E-state index contributed by atoms with van der Waals surface area (Å²) in [6.45, 7) is 0. The minimum atomic E-state index is 0.181. The molecule has 0 unspecified atom stereocenters. The zero-order valence-corrected chi connectivity index (χ0v) is 8.22. The average molecular weight is 216 g/mol. The molecular formula is C7H4O2S3. The fraction of sp³-hybridized carbons (Fsp3) is 0. The van der Waals surface area contributed by atoms with Gasteiger partial charge in [-0.25, -0.2) is 0 Å². The highest BCUT2D eigenvalue weighted by Crippen LogP contribution is 2.39. The highest BCUT2D eigenvalue weighted by molar-refractivity contribution is 7.77. The molecule has 2 aromatic rings. The van der Waals surface area contributed by atoms with E-state index in [0.717, 1.165) is 0 Å². The standard InChI is InChI=1S/C7H4O2S3/c8-3-1-2-4(9)6-5(3)11-7(10)12-6/h1-2,8-9H. The number of phenolic OH excluding ortho intramolecular Hbond substituents is 2. The molecule has 0 radical (unpaired) electrons. The summed E-state index contributed by atoms with van der Waals surface area (Å²) in [5.74, 6) is 0.361. The lowest BCUT2D eigenvalue weighted by Crippen LogP contribution is -1.65. The number of hydrogen-bond acceptors (Lipinski definition) is 5. The second-order valence-corrected chi connectivity index (χ2v) is 5.44. The topological polar surface area (TPSA) is 40.5 Å². The molecule has 12 heavy (non-hydrogen) atoms. The van der Waals surface area contributed by atoms with E-state index in [0.29, 0.717) is 12.5 Å². The van der Waals surface area contributed by atoms with E-state index in [9.17, 15) is 10.2 Å². The summed E-state index contributed by atoms with van der Waals surface area (Å²) in [7, 11) is 0. The van der Waals surface area contributed by atoms with E-state index >= 15 is 0 Å². The first-order chi connectivity index (χ1) is 5.68. The van der Waals surface area contributed by atoms with Gasteiger partial charge in [0.2, 0.25) is 0 Å². The van der Waals surface area contributed by atoms with E-state index in [-0.39, 0.29) is 11.5 Å². The predicted molar refractivity (Wildman–Crippen MR) is 53.9 cm³/mol. The molecule has 2 N–H and O–H groups in total. The van der Waals surface area contributed by atoms with Crippen LogP contribution in [0.4, 0.5) is 0 Å². The van der Waals surface area contributed by atoms with Gasteiger partial charge >= 0.3 is 0 Å². The van der Waals surface area contributed by atoms with Gasteiger partial charge in [0.15, 0.2) is 0 Å². The van der Waals surface area contributed by atoms with Gasteiger partial charge in [-0.15, -0.1) is 22.7 Å². The molecule has 0 fully saturated rings. The molecule has 62 valence electrons. The Labute approximate surface area is 81.4 Å². The SMILES string of the molecule is Oc1ccc(O)c2sc(=S)sc12. The van der Waals surface area contributed by atoms with Crippen molar-refractivity contribution in [3.63, 3.8) is 0 Å². The van der Waals surface area contributed by atoms with E-state index in [2.05, 4.69) is 0 Å². The lowest BCUT2D eigenvalue weighted by molar-refractivity contribution is 0.471. The molecule has 0 aliphatic heterocycles. The molecule has 0 amide bonds. The molecule has 2 nitrogen and oxygen atoms in total. The normalized spacial score (nSPS) is 10.7. The molecule has 1 aromatic heterocycles. The van der Waals surface area contributed by atoms with Crippen molar-refractivity contribution in [3.8, 4) is 11.5 Å². The highest BCUT2D eigenvalue weighted by Gasteiger charge is 2.07. The molecule has 0 bridgehead atoms. The monoisotopic (exact) mass is 216 g/mol.